The smallest absolute Gasteiger partial charge is 0.0613 e. The SMILES string of the molecule is CC.OC/C=C\CO. The van der Waals surface area contributed by atoms with Crippen LogP contribution in [-0.2, 0) is 0 Å². The molecule has 0 aliphatic carbocycles. The zero-order valence-corrected chi connectivity index (χ0v) is 5.46. The van der Waals surface area contributed by atoms with E-state index in [0.717, 1.165) is 0 Å². The van der Waals surface area contributed by atoms with Crippen LogP contribution in [0.5, 0.6) is 0 Å². The molecule has 0 unspecified atom stereocenters. The monoisotopic (exact) mass is 118 g/mol. The Morgan fingerprint density at radius 1 is 1.00 bits per heavy atom. The quantitative estimate of drug-likeness (QED) is 0.520. The highest BCUT2D eigenvalue weighted by Gasteiger charge is 1.61. The Morgan fingerprint density at radius 3 is 1.38 bits per heavy atom. The molecule has 0 aromatic rings. The number of hydrogen-bond acceptors (Lipinski definition) is 2. The van der Waals surface area contributed by atoms with Crippen LogP contribution in [0.25, 0.3) is 0 Å². The van der Waals surface area contributed by atoms with E-state index in [1.165, 1.54) is 12.2 Å². The van der Waals surface area contributed by atoms with Gasteiger partial charge in [0.1, 0.15) is 0 Å². The van der Waals surface area contributed by atoms with Gasteiger partial charge in [0.15, 0.2) is 0 Å². The molecule has 0 bridgehead atoms. The minimum absolute atomic E-state index is 0.0144. The van der Waals surface area contributed by atoms with E-state index < -0.39 is 0 Å². The highest BCUT2D eigenvalue weighted by Crippen LogP contribution is 1.63. The molecule has 0 radical (unpaired) electrons. The van der Waals surface area contributed by atoms with Crippen LogP contribution in [0, 0.1) is 0 Å². The van der Waals surface area contributed by atoms with Crippen molar-refractivity contribution in [1.29, 1.82) is 0 Å². The van der Waals surface area contributed by atoms with Gasteiger partial charge in [-0.15, -0.1) is 0 Å². The van der Waals surface area contributed by atoms with Crippen LogP contribution in [0.3, 0.4) is 0 Å². The maximum atomic E-state index is 8.00. The topological polar surface area (TPSA) is 40.5 Å². The Bertz CT molecular complexity index is 35.8. The largest absolute Gasteiger partial charge is 0.392 e. The van der Waals surface area contributed by atoms with Crippen LogP contribution in [0.15, 0.2) is 12.2 Å². The summed E-state index contributed by atoms with van der Waals surface area (Å²) in [6.07, 6.45) is 2.97. The van der Waals surface area contributed by atoms with Gasteiger partial charge in [0, 0.05) is 0 Å². The first-order valence-electron chi connectivity index (χ1n) is 2.78. The lowest BCUT2D eigenvalue weighted by atomic mass is 10.5. The van der Waals surface area contributed by atoms with Crippen molar-refractivity contribution in [3.8, 4) is 0 Å². The number of aliphatic hydroxyl groups is 2. The molecule has 8 heavy (non-hydrogen) atoms. The molecule has 0 heterocycles. The molecule has 0 aromatic heterocycles. The Labute approximate surface area is 50.5 Å². The molecular weight excluding hydrogens is 104 g/mol. The first-order chi connectivity index (χ1) is 3.91. The second-order valence-corrected chi connectivity index (χ2v) is 0.837. The Hall–Kier alpha value is -0.340. The van der Waals surface area contributed by atoms with Gasteiger partial charge < -0.3 is 10.2 Å². The molecule has 0 fully saturated rings. The molecule has 0 amide bonds. The van der Waals surface area contributed by atoms with E-state index in [4.69, 9.17) is 10.2 Å². The molecule has 0 saturated carbocycles. The zero-order valence-electron chi connectivity index (χ0n) is 5.46. The Balaban J connectivity index is 0. The van der Waals surface area contributed by atoms with Crippen LogP contribution in [-0.4, -0.2) is 23.4 Å². The molecule has 0 rings (SSSR count). The van der Waals surface area contributed by atoms with Gasteiger partial charge in [0.05, 0.1) is 13.2 Å². The first-order valence-corrected chi connectivity index (χ1v) is 2.78. The lowest BCUT2D eigenvalue weighted by molar-refractivity contribution is 0.329. The summed E-state index contributed by atoms with van der Waals surface area (Å²) in [4.78, 5) is 0. The average molecular weight is 118 g/mol. The Kier molecular flexibility index (Phi) is 21.1. The molecule has 0 saturated heterocycles. The fourth-order valence-corrected chi connectivity index (χ4v) is 0.149. The number of rotatable bonds is 2. The molecule has 2 nitrogen and oxygen atoms in total. The summed E-state index contributed by atoms with van der Waals surface area (Å²) in [6, 6.07) is 0. The normalized spacial score (nSPS) is 8.50. The van der Waals surface area contributed by atoms with Crippen molar-refractivity contribution in [2.24, 2.45) is 0 Å². The molecule has 0 aliphatic rings. The van der Waals surface area contributed by atoms with Gasteiger partial charge in [-0.25, -0.2) is 0 Å². The minimum Gasteiger partial charge on any atom is -0.392 e. The van der Waals surface area contributed by atoms with Crippen LogP contribution in [0.2, 0.25) is 0 Å². The molecule has 0 aromatic carbocycles. The number of hydrogen-bond donors (Lipinski definition) is 2. The van der Waals surface area contributed by atoms with Gasteiger partial charge in [0.2, 0.25) is 0 Å². The van der Waals surface area contributed by atoms with E-state index in [1.54, 1.807) is 0 Å². The van der Waals surface area contributed by atoms with Crippen molar-refractivity contribution in [2.45, 2.75) is 13.8 Å². The Morgan fingerprint density at radius 2 is 1.25 bits per heavy atom. The van der Waals surface area contributed by atoms with Crippen molar-refractivity contribution in [3.05, 3.63) is 12.2 Å². The van der Waals surface area contributed by atoms with Gasteiger partial charge >= 0.3 is 0 Å². The molecular formula is C6H14O2. The van der Waals surface area contributed by atoms with E-state index in [0.29, 0.717) is 0 Å². The van der Waals surface area contributed by atoms with Crippen molar-refractivity contribution in [2.75, 3.05) is 13.2 Å². The van der Waals surface area contributed by atoms with Gasteiger partial charge in [-0.2, -0.15) is 0 Å². The van der Waals surface area contributed by atoms with Crippen molar-refractivity contribution in [3.63, 3.8) is 0 Å². The van der Waals surface area contributed by atoms with Crippen LogP contribution in [0.4, 0.5) is 0 Å². The second-order valence-electron chi connectivity index (χ2n) is 0.837. The zero-order chi connectivity index (χ0) is 6.83. The van der Waals surface area contributed by atoms with Crippen molar-refractivity contribution >= 4 is 0 Å². The average Bonchev–Trinajstić information content (AvgIpc) is 1.88. The van der Waals surface area contributed by atoms with Gasteiger partial charge in [0.25, 0.3) is 0 Å². The summed E-state index contributed by atoms with van der Waals surface area (Å²) in [6.45, 7) is 4.03. The second kappa shape index (κ2) is 15.9. The lowest BCUT2D eigenvalue weighted by Crippen LogP contribution is -1.74. The summed E-state index contributed by atoms with van der Waals surface area (Å²) in [7, 11) is 0. The maximum absolute atomic E-state index is 8.00. The third kappa shape index (κ3) is 17.4. The predicted octanol–water partition coefficient (Wildman–Crippen LogP) is 0.553. The third-order valence-electron chi connectivity index (χ3n) is 0.377. The van der Waals surface area contributed by atoms with Crippen molar-refractivity contribution in [1.82, 2.24) is 0 Å². The summed E-state index contributed by atoms with van der Waals surface area (Å²) in [5, 5.41) is 16.0. The summed E-state index contributed by atoms with van der Waals surface area (Å²) < 4.78 is 0. The van der Waals surface area contributed by atoms with Gasteiger partial charge in [-0.1, -0.05) is 26.0 Å². The van der Waals surface area contributed by atoms with Gasteiger partial charge in [-0.05, 0) is 0 Å². The maximum Gasteiger partial charge on any atom is 0.0613 e. The lowest BCUT2D eigenvalue weighted by Gasteiger charge is -1.73. The fraction of sp³-hybridized carbons (Fsp3) is 0.667. The molecule has 0 aliphatic heterocycles. The summed E-state index contributed by atoms with van der Waals surface area (Å²) in [5.74, 6) is 0. The van der Waals surface area contributed by atoms with Crippen LogP contribution >= 0.6 is 0 Å². The molecule has 2 N–H and O–H groups in total. The minimum atomic E-state index is 0.0144. The molecule has 2 heteroatoms. The van der Waals surface area contributed by atoms with E-state index in [2.05, 4.69) is 0 Å². The third-order valence-corrected chi connectivity index (χ3v) is 0.377. The highest BCUT2D eigenvalue weighted by molar-refractivity contribution is 4.78. The highest BCUT2D eigenvalue weighted by atomic mass is 16.3. The number of aliphatic hydroxyl groups excluding tert-OH is 2. The van der Waals surface area contributed by atoms with E-state index in [9.17, 15) is 0 Å². The molecule has 0 spiro atoms. The van der Waals surface area contributed by atoms with Crippen LogP contribution in [0.1, 0.15) is 13.8 Å². The summed E-state index contributed by atoms with van der Waals surface area (Å²) in [5.41, 5.74) is 0. The van der Waals surface area contributed by atoms with Gasteiger partial charge in [-0.3, -0.25) is 0 Å². The van der Waals surface area contributed by atoms with E-state index in [-0.39, 0.29) is 13.2 Å². The predicted molar refractivity (Wildman–Crippen MR) is 34.7 cm³/mol. The molecule has 0 atom stereocenters. The van der Waals surface area contributed by atoms with Crippen LogP contribution < -0.4 is 0 Å². The first kappa shape index (κ1) is 10.6. The standard InChI is InChI=1S/C4H8O2.C2H6/c5-3-1-2-4-6;1-2/h1-2,5-6H,3-4H2;1-2H3/b2-1-;. The van der Waals surface area contributed by atoms with Crippen molar-refractivity contribution < 1.29 is 10.2 Å². The fourth-order valence-electron chi connectivity index (χ4n) is 0.149. The summed E-state index contributed by atoms with van der Waals surface area (Å²) >= 11 is 0. The molecule has 50 valence electrons. The van der Waals surface area contributed by atoms with E-state index >= 15 is 0 Å². The van der Waals surface area contributed by atoms with E-state index in [1.807, 2.05) is 13.8 Å².